The van der Waals surface area contributed by atoms with Crippen LogP contribution in [0.1, 0.15) is 26.2 Å². The van der Waals surface area contributed by atoms with Gasteiger partial charge in [-0.25, -0.2) is 4.98 Å². The molecule has 1 fully saturated rings. The molecule has 2 N–H and O–H groups in total. The predicted molar refractivity (Wildman–Crippen MR) is 76.9 cm³/mol. The molecule has 20 heavy (non-hydrogen) atoms. The third-order valence-corrected chi connectivity index (χ3v) is 3.48. The van der Waals surface area contributed by atoms with E-state index in [-0.39, 0.29) is 0 Å². The lowest BCUT2D eigenvalue weighted by Crippen LogP contribution is -2.13. The van der Waals surface area contributed by atoms with Crippen molar-refractivity contribution < 1.29 is 0 Å². The molecule has 0 saturated heterocycles. The van der Waals surface area contributed by atoms with Crippen molar-refractivity contribution in [1.29, 1.82) is 0 Å². The van der Waals surface area contributed by atoms with Crippen LogP contribution in [0.5, 0.6) is 0 Å². The molecular formula is C13H19N7. The summed E-state index contributed by atoms with van der Waals surface area (Å²) >= 11 is 0. The molecule has 0 aliphatic heterocycles. The van der Waals surface area contributed by atoms with Crippen molar-refractivity contribution in [2.75, 3.05) is 17.7 Å². The van der Waals surface area contributed by atoms with Gasteiger partial charge in [0.15, 0.2) is 0 Å². The quantitative estimate of drug-likeness (QED) is 0.834. The van der Waals surface area contributed by atoms with E-state index < -0.39 is 0 Å². The number of anilines is 2. The third kappa shape index (κ3) is 2.71. The molecular weight excluding hydrogens is 254 g/mol. The minimum atomic E-state index is 0.498. The summed E-state index contributed by atoms with van der Waals surface area (Å²) in [6.07, 6.45) is 8.88. The smallest absolute Gasteiger partial charge is 0.241 e. The van der Waals surface area contributed by atoms with Gasteiger partial charge in [0.25, 0.3) is 0 Å². The fourth-order valence-electron chi connectivity index (χ4n) is 2.31. The second kappa shape index (κ2) is 5.44. The summed E-state index contributed by atoms with van der Waals surface area (Å²) in [6, 6.07) is 0.498. The number of imidazole rings is 1. The van der Waals surface area contributed by atoms with Gasteiger partial charge in [-0.2, -0.15) is 15.0 Å². The van der Waals surface area contributed by atoms with Crippen molar-refractivity contribution in [3.05, 3.63) is 18.7 Å². The average Bonchev–Trinajstić information content (AvgIpc) is 2.97. The molecule has 7 heteroatoms. The fourth-order valence-corrected chi connectivity index (χ4v) is 2.31. The first-order chi connectivity index (χ1) is 9.80. The van der Waals surface area contributed by atoms with E-state index in [9.17, 15) is 0 Å². The molecule has 2 unspecified atom stereocenters. The Morgan fingerprint density at radius 2 is 2.15 bits per heavy atom. The van der Waals surface area contributed by atoms with Crippen LogP contribution in [-0.2, 0) is 0 Å². The molecule has 2 heterocycles. The summed E-state index contributed by atoms with van der Waals surface area (Å²) in [7, 11) is 1.80. The van der Waals surface area contributed by atoms with Crippen molar-refractivity contribution >= 4 is 11.9 Å². The first-order valence-corrected chi connectivity index (χ1v) is 6.99. The van der Waals surface area contributed by atoms with E-state index in [2.05, 4.69) is 37.5 Å². The Kier molecular flexibility index (Phi) is 3.49. The zero-order chi connectivity index (χ0) is 13.9. The maximum absolute atomic E-state index is 4.45. The van der Waals surface area contributed by atoms with Gasteiger partial charge in [-0.1, -0.05) is 13.3 Å². The Morgan fingerprint density at radius 1 is 1.30 bits per heavy atom. The maximum atomic E-state index is 4.45. The molecule has 0 bridgehead atoms. The largest absolute Gasteiger partial charge is 0.357 e. The van der Waals surface area contributed by atoms with E-state index in [0.29, 0.717) is 23.9 Å². The Morgan fingerprint density at radius 3 is 2.85 bits per heavy atom. The molecule has 3 rings (SSSR count). The molecule has 0 amide bonds. The SMILES string of the molecule is CCCC1CC1Nc1nc(NC)nc(-n2ccnc2)n1. The van der Waals surface area contributed by atoms with Gasteiger partial charge in [0, 0.05) is 25.5 Å². The van der Waals surface area contributed by atoms with Crippen LogP contribution in [0, 0.1) is 5.92 Å². The van der Waals surface area contributed by atoms with Crippen LogP contribution in [-0.4, -0.2) is 37.6 Å². The van der Waals surface area contributed by atoms with Gasteiger partial charge in [0.2, 0.25) is 17.8 Å². The van der Waals surface area contributed by atoms with E-state index in [1.807, 2.05) is 6.20 Å². The number of nitrogens with one attached hydrogen (secondary N) is 2. The average molecular weight is 273 g/mol. The van der Waals surface area contributed by atoms with E-state index >= 15 is 0 Å². The van der Waals surface area contributed by atoms with Crippen LogP contribution >= 0.6 is 0 Å². The first kappa shape index (κ1) is 12.8. The Balaban J connectivity index is 1.79. The highest BCUT2D eigenvalue weighted by Gasteiger charge is 2.36. The molecule has 2 atom stereocenters. The topological polar surface area (TPSA) is 80.5 Å². The third-order valence-electron chi connectivity index (χ3n) is 3.48. The van der Waals surface area contributed by atoms with Crippen LogP contribution in [0.25, 0.3) is 5.95 Å². The highest BCUT2D eigenvalue weighted by Crippen LogP contribution is 2.36. The molecule has 0 radical (unpaired) electrons. The molecule has 2 aromatic rings. The van der Waals surface area contributed by atoms with Crippen molar-refractivity contribution in [2.24, 2.45) is 5.92 Å². The first-order valence-electron chi connectivity index (χ1n) is 6.99. The zero-order valence-electron chi connectivity index (χ0n) is 11.7. The number of hydrogen-bond acceptors (Lipinski definition) is 6. The molecule has 106 valence electrons. The summed E-state index contributed by atoms with van der Waals surface area (Å²) in [5.74, 6) is 2.50. The van der Waals surface area contributed by atoms with Crippen LogP contribution in [0.4, 0.5) is 11.9 Å². The second-order valence-electron chi connectivity index (χ2n) is 5.04. The summed E-state index contributed by atoms with van der Waals surface area (Å²) in [4.78, 5) is 17.1. The Bertz CT molecular complexity index is 566. The highest BCUT2D eigenvalue weighted by molar-refractivity contribution is 5.39. The summed E-state index contributed by atoms with van der Waals surface area (Å²) < 4.78 is 1.77. The van der Waals surface area contributed by atoms with Crippen molar-refractivity contribution in [1.82, 2.24) is 24.5 Å². The van der Waals surface area contributed by atoms with Gasteiger partial charge < -0.3 is 10.6 Å². The standard InChI is InChI=1S/C13H19N7/c1-3-4-9-7-10(9)16-12-17-11(14-2)18-13(19-12)20-6-5-15-8-20/h5-6,8-10H,3-4,7H2,1-2H3,(H2,14,16,17,18,19). The summed E-state index contributed by atoms with van der Waals surface area (Å²) in [6.45, 7) is 2.22. The number of hydrogen-bond donors (Lipinski definition) is 2. The monoisotopic (exact) mass is 273 g/mol. The van der Waals surface area contributed by atoms with Crippen molar-refractivity contribution in [3.63, 3.8) is 0 Å². The lowest BCUT2D eigenvalue weighted by Gasteiger charge is -2.08. The van der Waals surface area contributed by atoms with Gasteiger partial charge in [0.05, 0.1) is 0 Å². The summed E-state index contributed by atoms with van der Waals surface area (Å²) in [5, 5.41) is 6.36. The van der Waals surface area contributed by atoms with E-state index in [1.165, 1.54) is 19.3 Å². The molecule has 7 nitrogen and oxygen atoms in total. The fraction of sp³-hybridized carbons (Fsp3) is 0.538. The van der Waals surface area contributed by atoms with Crippen LogP contribution in [0.15, 0.2) is 18.7 Å². The van der Waals surface area contributed by atoms with Gasteiger partial charge >= 0.3 is 0 Å². The number of nitrogens with zero attached hydrogens (tertiary/aromatic N) is 5. The molecule has 0 aromatic carbocycles. The van der Waals surface area contributed by atoms with Gasteiger partial charge in [0.1, 0.15) is 6.33 Å². The Labute approximate surface area is 117 Å². The highest BCUT2D eigenvalue weighted by atomic mass is 15.3. The minimum absolute atomic E-state index is 0.498. The Hall–Kier alpha value is -2.18. The molecule has 2 aromatic heterocycles. The molecule has 1 saturated carbocycles. The normalized spacial score (nSPS) is 20.7. The zero-order valence-corrected chi connectivity index (χ0v) is 11.7. The second-order valence-corrected chi connectivity index (χ2v) is 5.04. The maximum Gasteiger partial charge on any atom is 0.241 e. The van der Waals surface area contributed by atoms with E-state index in [4.69, 9.17) is 0 Å². The van der Waals surface area contributed by atoms with Gasteiger partial charge in [-0.3, -0.25) is 4.57 Å². The van der Waals surface area contributed by atoms with Crippen LogP contribution < -0.4 is 10.6 Å². The summed E-state index contributed by atoms with van der Waals surface area (Å²) in [5.41, 5.74) is 0. The number of aromatic nitrogens is 5. The molecule has 1 aliphatic rings. The van der Waals surface area contributed by atoms with E-state index in [1.54, 1.807) is 24.1 Å². The number of rotatable bonds is 6. The van der Waals surface area contributed by atoms with Crippen LogP contribution in [0.3, 0.4) is 0 Å². The molecule has 1 aliphatic carbocycles. The molecule has 0 spiro atoms. The van der Waals surface area contributed by atoms with Gasteiger partial charge in [-0.05, 0) is 18.8 Å². The van der Waals surface area contributed by atoms with Crippen molar-refractivity contribution in [3.8, 4) is 5.95 Å². The minimum Gasteiger partial charge on any atom is -0.357 e. The van der Waals surface area contributed by atoms with E-state index in [0.717, 1.165) is 5.92 Å². The lowest BCUT2D eigenvalue weighted by atomic mass is 10.2. The van der Waals surface area contributed by atoms with Crippen molar-refractivity contribution in [2.45, 2.75) is 32.2 Å². The van der Waals surface area contributed by atoms with Gasteiger partial charge in [-0.15, -0.1) is 0 Å². The predicted octanol–water partition coefficient (Wildman–Crippen LogP) is 1.70. The lowest BCUT2D eigenvalue weighted by molar-refractivity contribution is 0.691. The van der Waals surface area contributed by atoms with Crippen LogP contribution in [0.2, 0.25) is 0 Å².